The second-order valence-electron chi connectivity index (χ2n) is 5.01. The zero-order valence-electron chi connectivity index (χ0n) is 11.5. The van der Waals surface area contributed by atoms with E-state index in [9.17, 15) is 9.90 Å². The van der Waals surface area contributed by atoms with Gasteiger partial charge in [0.2, 0.25) is 0 Å². The molecule has 1 atom stereocenters. The smallest absolute Gasteiger partial charge is 0.260 e. The van der Waals surface area contributed by atoms with E-state index >= 15 is 0 Å². The molecular weight excluding hydrogens is 258 g/mol. The number of nitrogens with zero attached hydrogens (tertiary/aromatic N) is 1. The molecule has 1 saturated heterocycles. The van der Waals surface area contributed by atoms with Crippen LogP contribution in [0.25, 0.3) is 0 Å². The monoisotopic (exact) mass is 279 g/mol. The molecule has 1 fully saturated rings. The zero-order valence-corrected chi connectivity index (χ0v) is 11.5. The Morgan fingerprint density at radius 3 is 2.95 bits per heavy atom. The first-order valence-electron chi connectivity index (χ1n) is 7.03. The van der Waals surface area contributed by atoms with Crippen LogP contribution < -0.4 is 4.74 Å². The van der Waals surface area contributed by atoms with Crippen LogP contribution in [0.1, 0.15) is 25.7 Å². The van der Waals surface area contributed by atoms with Crippen LogP contribution in [0.15, 0.2) is 24.3 Å². The Morgan fingerprint density at radius 2 is 2.20 bits per heavy atom. The fraction of sp³-hybridized carbons (Fsp3) is 0.533. The van der Waals surface area contributed by atoms with Gasteiger partial charge >= 0.3 is 0 Å². The summed E-state index contributed by atoms with van der Waals surface area (Å²) >= 11 is 0. The molecule has 1 unspecified atom stereocenters. The molecule has 0 saturated carbocycles. The Kier molecular flexibility index (Phi) is 5.24. The molecular formula is C15H21NO4. The number of carbonyl (C=O) groups is 1. The molecule has 0 bridgehead atoms. The summed E-state index contributed by atoms with van der Waals surface area (Å²) in [4.78, 5) is 14.0. The summed E-state index contributed by atoms with van der Waals surface area (Å²) in [6.07, 6.45) is 3.54. The van der Waals surface area contributed by atoms with Crippen molar-refractivity contribution in [2.24, 2.45) is 0 Å². The van der Waals surface area contributed by atoms with Gasteiger partial charge in [0.15, 0.2) is 18.1 Å². The van der Waals surface area contributed by atoms with Crippen molar-refractivity contribution in [2.75, 3.05) is 19.8 Å². The fourth-order valence-corrected chi connectivity index (χ4v) is 2.59. The highest BCUT2D eigenvalue weighted by Crippen LogP contribution is 2.25. The average Bonchev–Trinajstić information content (AvgIpc) is 2.92. The van der Waals surface area contributed by atoms with Crippen molar-refractivity contribution in [3.05, 3.63) is 24.3 Å². The summed E-state index contributed by atoms with van der Waals surface area (Å²) in [6, 6.07) is 6.83. The molecule has 1 amide bonds. The van der Waals surface area contributed by atoms with E-state index in [1.807, 2.05) is 4.90 Å². The van der Waals surface area contributed by atoms with Gasteiger partial charge in [0.05, 0.1) is 0 Å². The molecule has 1 aromatic rings. The first-order chi connectivity index (χ1) is 9.72. The summed E-state index contributed by atoms with van der Waals surface area (Å²) in [5.74, 6) is 0.305. The summed E-state index contributed by atoms with van der Waals surface area (Å²) in [7, 11) is 0. The lowest BCUT2D eigenvalue weighted by atomic mass is 10.1. The second-order valence-corrected chi connectivity index (χ2v) is 5.01. The maximum atomic E-state index is 12.2. The molecule has 20 heavy (non-hydrogen) atoms. The molecule has 2 rings (SSSR count). The van der Waals surface area contributed by atoms with Crippen molar-refractivity contribution in [1.29, 1.82) is 0 Å². The van der Waals surface area contributed by atoms with Crippen LogP contribution in [0.4, 0.5) is 0 Å². The van der Waals surface area contributed by atoms with Gasteiger partial charge in [-0.1, -0.05) is 12.1 Å². The fourth-order valence-electron chi connectivity index (χ4n) is 2.59. The third-order valence-electron chi connectivity index (χ3n) is 3.61. The molecule has 1 aromatic carbocycles. The first-order valence-corrected chi connectivity index (χ1v) is 7.03. The lowest BCUT2D eigenvalue weighted by molar-refractivity contribution is -0.134. The normalized spacial score (nSPS) is 18.2. The number of phenolic OH excluding ortho intramolecular Hbond substituents is 1. The van der Waals surface area contributed by atoms with Crippen molar-refractivity contribution < 1.29 is 19.7 Å². The van der Waals surface area contributed by atoms with Crippen LogP contribution in [0, 0.1) is 0 Å². The SMILES string of the molecule is O=C(COc1ccccc1O)N1CCCC1CCCO. The van der Waals surface area contributed by atoms with E-state index < -0.39 is 0 Å². The minimum atomic E-state index is -0.0623. The van der Waals surface area contributed by atoms with Crippen LogP contribution in [-0.4, -0.2) is 46.8 Å². The molecule has 0 aromatic heterocycles. The highest BCUT2D eigenvalue weighted by molar-refractivity contribution is 5.78. The van der Waals surface area contributed by atoms with Crippen molar-refractivity contribution in [3.63, 3.8) is 0 Å². The molecule has 2 N–H and O–H groups in total. The van der Waals surface area contributed by atoms with E-state index in [0.29, 0.717) is 5.75 Å². The topological polar surface area (TPSA) is 70.0 Å². The number of hydrogen-bond acceptors (Lipinski definition) is 4. The number of likely N-dealkylation sites (tertiary alicyclic amines) is 1. The van der Waals surface area contributed by atoms with Crippen molar-refractivity contribution in [3.8, 4) is 11.5 Å². The number of amides is 1. The van der Waals surface area contributed by atoms with Crippen LogP contribution >= 0.6 is 0 Å². The summed E-state index contributed by atoms with van der Waals surface area (Å²) < 4.78 is 5.37. The summed E-state index contributed by atoms with van der Waals surface area (Å²) in [5, 5.41) is 18.5. The van der Waals surface area contributed by atoms with Crippen molar-refractivity contribution in [2.45, 2.75) is 31.7 Å². The number of rotatable bonds is 6. The van der Waals surface area contributed by atoms with Gasteiger partial charge in [-0.3, -0.25) is 4.79 Å². The molecule has 5 heteroatoms. The van der Waals surface area contributed by atoms with Gasteiger partial charge in [-0.05, 0) is 37.8 Å². The minimum Gasteiger partial charge on any atom is -0.504 e. The van der Waals surface area contributed by atoms with Gasteiger partial charge in [-0.15, -0.1) is 0 Å². The van der Waals surface area contributed by atoms with Crippen LogP contribution in [-0.2, 0) is 4.79 Å². The first kappa shape index (κ1) is 14.7. The Hall–Kier alpha value is -1.75. The van der Waals surface area contributed by atoms with Crippen molar-refractivity contribution in [1.82, 2.24) is 4.90 Å². The number of para-hydroxylation sites is 2. The van der Waals surface area contributed by atoms with E-state index in [1.165, 1.54) is 6.07 Å². The van der Waals surface area contributed by atoms with E-state index in [0.717, 1.165) is 32.2 Å². The van der Waals surface area contributed by atoms with Crippen LogP contribution in [0.5, 0.6) is 11.5 Å². The Labute approximate surface area is 118 Å². The predicted molar refractivity (Wildman–Crippen MR) is 74.7 cm³/mol. The number of aliphatic hydroxyl groups excluding tert-OH is 1. The van der Waals surface area contributed by atoms with Gasteiger partial charge in [-0.25, -0.2) is 0 Å². The third kappa shape index (κ3) is 3.63. The highest BCUT2D eigenvalue weighted by Gasteiger charge is 2.28. The van der Waals surface area contributed by atoms with Gasteiger partial charge < -0.3 is 19.8 Å². The van der Waals surface area contributed by atoms with Crippen LogP contribution in [0.3, 0.4) is 0 Å². The Bertz CT molecular complexity index is 449. The van der Waals surface area contributed by atoms with Gasteiger partial charge in [0.1, 0.15) is 0 Å². The highest BCUT2D eigenvalue weighted by atomic mass is 16.5. The molecule has 0 aliphatic carbocycles. The largest absolute Gasteiger partial charge is 0.504 e. The molecule has 1 aliphatic rings. The summed E-state index contributed by atoms with van der Waals surface area (Å²) in [5.41, 5.74) is 0. The molecule has 1 heterocycles. The van der Waals surface area contributed by atoms with Gasteiger partial charge in [0.25, 0.3) is 5.91 Å². The number of phenols is 1. The number of aromatic hydroxyl groups is 1. The number of aliphatic hydroxyl groups is 1. The standard InChI is InChI=1S/C15H21NO4/c17-10-4-6-12-5-3-9-16(12)15(19)11-20-14-8-2-1-7-13(14)18/h1-2,7-8,12,17-18H,3-6,9-11H2. The molecule has 0 radical (unpaired) electrons. The number of carbonyl (C=O) groups excluding carboxylic acids is 1. The van der Waals surface area contributed by atoms with Crippen molar-refractivity contribution >= 4 is 5.91 Å². The lowest BCUT2D eigenvalue weighted by Gasteiger charge is -2.24. The zero-order chi connectivity index (χ0) is 14.4. The lowest BCUT2D eigenvalue weighted by Crippen LogP contribution is -2.38. The predicted octanol–water partition coefficient (Wildman–Crippen LogP) is 1.53. The average molecular weight is 279 g/mol. The van der Waals surface area contributed by atoms with E-state index in [2.05, 4.69) is 0 Å². The molecule has 110 valence electrons. The molecule has 0 spiro atoms. The minimum absolute atomic E-state index is 0.0403. The number of ether oxygens (including phenoxy) is 1. The van der Waals surface area contributed by atoms with Gasteiger partial charge in [0, 0.05) is 19.2 Å². The molecule has 1 aliphatic heterocycles. The van der Waals surface area contributed by atoms with Gasteiger partial charge in [-0.2, -0.15) is 0 Å². The number of hydrogen-bond donors (Lipinski definition) is 2. The van der Waals surface area contributed by atoms with E-state index in [4.69, 9.17) is 9.84 Å². The van der Waals surface area contributed by atoms with Crippen LogP contribution in [0.2, 0.25) is 0 Å². The van der Waals surface area contributed by atoms with E-state index in [1.54, 1.807) is 18.2 Å². The third-order valence-corrected chi connectivity index (χ3v) is 3.61. The number of benzene rings is 1. The summed E-state index contributed by atoms with van der Waals surface area (Å²) in [6.45, 7) is 0.846. The maximum Gasteiger partial charge on any atom is 0.260 e. The Morgan fingerprint density at radius 1 is 1.40 bits per heavy atom. The second kappa shape index (κ2) is 7.14. The quantitative estimate of drug-likeness (QED) is 0.828. The molecule has 5 nitrogen and oxygen atoms in total. The maximum absolute atomic E-state index is 12.2. The van der Waals surface area contributed by atoms with E-state index in [-0.39, 0.29) is 30.9 Å². The Balaban J connectivity index is 1.86.